The molecule has 1 atom stereocenters. The number of carbonyl (C=O) groups excluding carboxylic acids is 3. The Morgan fingerprint density at radius 1 is 0.941 bits per heavy atom. The molecule has 0 saturated heterocycles. The number of para-hydroxylation sites is 1. The highest BCUT2D eigenvalue weighted by Gasteiger charge is 2.40. The van der Waals surface area contributed by atoms with Crippen molar-refractivity contribution in [2.24, 2.45) is 5.10 Å². The van der Waals surface area contributed by atoms with Gasteiger partial charge < -0.3 is 0 Å². The van der Waals surface area contributed by atoms with E-state index in [0.29, 0.717) is 17.7 Å². The zero-order valence-electron chi connectivity index (χ0n) is 18.0. The lowest BCUT2D eigenvalue weighted by Gasteiger charge is -2.23. The second kappa shape index (κ2) is 8.04. The first-order chi connectivity index (χ1) is 16.6. The molecule has 1 aromatic heterocycles. The molecule has 6 rings (SSSR count). The van der Waals surface area contributed by atoms with Gasteiger partial charge in [0.15, 0.2) is 0 Å². The van der Waals surface area contributed by atoms with Crippen LogP contribution in [0.25, 0.3) is 10.8 Å². The van der Waals surface area contributed by atoms with Gasteiger partial charge in [0.2, 0.25) is 0 Å². The minimum absolute atomic E-state index is 0.238. The summed E-state index contributed by atoms with van der Waals surface area (Å²) in [4.78, 5) is 40.7. The third-order valence-electron chi connectivity index (χ3n) is 6.29. The number of hydrazone groups is 1. The Kier molecular flexibility index (Phi) is 4.85. The lowest BCUT2D eigenvalue weighted by atomic mass is 10.00. The highest BCUT2D eigenvalue weighted by molar-refractivity contribution is 7.10. The molecule has 3 aromatic carbocycles. The van der Waals surface area contributed by atoms with E-state index in [-0.39, 0.29) is 18.5 Å². The van der Waals surface area contributed by atoms with Gasteiger partial charge in [-0.1, -0.05) is 54.6 Å². The largest absolute Gasteiger partial charge is 0.299 e. The number of carbonyl (C=O) groups is 3. The van der Waals surface area contributed by atoms with E-state index in [2.05, 4.69) is 24.3 Å². The highest BCUT2D eigenvalue weighted by Crippen LogP contribution is 2.36. The minimum Gasteiger partial charge on any atom is -0.295 e. The Bertz CT molecular complexity index is 1490. The summed E-state index contributed by atoms with van der Waals surface area (Å²) in [7, 11) is 0. The molecule has 2 aliphatic rings. The second-order valence-corrected chi connectivity index (χ2v) is 9.30. The van der Waals surface area contributed by atoms with Gasteiger partial charge in [0.05, 0.1) is 23.0 Å². The van der Waals surface area contributed by atoms with Crippen molar-refractivity contribution in [3.8, 4) is 0 Å². The lowest BCUT2D eigenvalue weighted by Crippen LogP contribution is -2.40. The third kappa shape index (κ3) is 3.33. The van der Waals surface area contributed by atoms with Crippen LogP contribution in [0, 0.1) is 0 Å². The molecular formula is C27H19N3O3S. The van der Waals surface area contributed by atoms with E-state index in [1.807, 2.05) is 35.7 Å². The van der Waals surface area contributed by atoms with Gasteiger partial charge in [-0.15, -0.1) is 11.3 Å². The van der Waals surface area contributed by atoms with E-state index in [0.717, 1.165) is 26.9 Å². The van der Waals surface area contributed by atoms with Crippen molar-refractivity contribution in [1.82, 2.24) is 5.01 Å². The molecular weight excluding hydrogens is 446 g/mol. The van der Waals surface area contributed by atoms with Gasteiger partial charge in [0.1, 0.15) is 6.54 Å². The molecule has 1 unspecified atom stereocenters. The summed E-state index contributed by atoms with van der Waals surface area (Å²) in [6.07, 6.45) is 0.577. The number of rotatable bonds is 4. The molecule has 0 bridgehead atoms. The number of Topliss-reactive ketones (excluding diaryl/α,β-unsaturated/α-hetero) is 1. The molecule has 34 heavy (non-hydrogen) atoms. The summed E-state index contributed by atoms with van der Waals surface area (Å²) in [5.41, 5.74) is 2.59. The zero-order chi connectivity index (χ0) is 23.2. The van der Waals surface area contributed by atoms with Gasteiger partial charge in [-0.05, 0) is 46.0 Å². The van der Waals surface area contributed by atoms with Crippen LogP contribution in [0.2, 0.25) is 0 Å². The van der Waals surface area contributed by atoms with Crippen molar-refractivity contribution in [1.29, 1.82) is 0 Å². The third-order valence-corrected chi connectivity index (χ3v) is 7.27. The summed E-state index contributed by atoms with van der Waals surface area (Å²) in [5.74, 6) is -1.59. The quantitative estimate of drug-likeness (QED) is 0.406. The first kappa shape index (κ1) is 20.5. The molecule has 3 heterocycles. The number of ketones is 1. The number of hydrogen-bond acceptors (Lipinski definition) is 5. The fourth-order valence-electron chi connectivity index (χ4n) is 4.60. The summed E-state index contributed by atoms with van der Waals surface area (Å²) in [6.45, 7) is -0.238. The predicted molar refractivity (Wildman–Crippen MR) is 132 cm³/mol. The van der Waals surface area contributed by atoms with Gasteiger partial charge in [0.25, 0.3) is 17.6 Å². The molecule has 0 saturated carbocycles. The number of hydrogen-bond donors (Lipinski definition) is 0. The fraction of sp³-hybridized carbons (Fsp3) is 0.111. The lowest BCUT2D eigenvalue weighted by molar-refractivity contribution is -0.132. The van der Waals surface area contributed by atoms with E-state index < -0.39 is 11.7 Å². The van der Waals surface area contributed by atoms with Gasteiger partial charge in [-0.25, -0.2) is 5.01 Å². The van der Waals surface area contributed by atoms with Gasteiger partial charge in [-0.3, -0.25) is 19.3 Å². The van der Waals surface area contributed by atoms with Gasteiger partial charge in [-0.2, -0.15) is 5.10 Å². The van der Waals surface area contributed by atoms with Crippen LogP contribution >= 0.6 is 11.3 Å². The zero-order valence-corrected chi connectivity index (χ0v) is 18.9. The molecule has 0 radical (unpaired) electrons. The van der Waals surface area contributed by atoms with Gasteiger partial charge in [0, 0.05) is 11.3 Å². The van der Waals surface area contributed by atoms with Crippen molar-refractivity contribution in [3.63, 3.8) is 0 Å². The normalized spacial score (nSPS) is 17.4. The van der Waals surface area contributed by atoms with E-state index in [4.69, 9.17) is 5.10 Å². The van der Waals surface area contributed by atoms with Crippen molar-refractivity contribution >= 4 is 51.1 Å². The number of benzene rings is 3. The Morgan fingerprint density at radius 3 is 2.56 bits per heavy atom. The maximum atomic E-state index is 13.5. The van der Waals surface area contributed by atoms with Crippen LogP contribution in [0.4, 0.5) is 5.69 Å². The first-order valence-electron chi connectivity index (χ1n) is 11.0. The van der Waals surface area contributed by atoms with E-state index in [1.54, 1.807) is 35.6 Å². The summed E-state index contributed by atoms with van der Waals surface area (Å²) in [5, 5.41) is 10.4. The Hall–Kier alpha value is -4.10. The molecule has 4 aromatic rings. The molecule has 6 nitrogen and oxygen atoms in total. The van der Waals surface area contributed by atoms with Crippen molar-refractivity contribution in [2.45, 2.75) is 12.5 Å². The Labute approximate surface area is 199 Å². The Balaban J connectivity index is 1.34. The average Bonchev–Trinajstić information content (AvgIpc) is 3.60. The number of thiophene rings is 1. The van der Waals surface area contributed by atoms with Crippen LogP contribution in [0.1, 0.15) is 33.3 Å². The summed E-state index contributed by atoms with van der Waals surface area (Å²) >= 11 is 1.57. The van der Waals surface area contributed by atoms with E-state index >= 15 is 0 Å². The van der Waals surface area contributed by atoms with Crippen LogP contribution in [-0.4, -0.2) is 34.9 Å². The van der Waals surface area contributed by atoms with Crippen molar-refractivity contribution < 1.29 is 14.4 Å². The predicted octanol–water partition coefficient (Wildman–Crippen LogP) is 4.81. The molecule has 0 spiro atoms. The van der Waals surface area contributed by atoms with E-state index in [9.17, 15) is 14.4 Å². The highest BCUT2D eigenvalue weighted by atomic mass is 32.1. The average molecular weight is 466 g/mol. The van der Waals surface area contributed by atoms with Crippen molar-refractivity contribution in [2.75, 3.05) is 11.4 Å². The molecule has 0 fully saturated rings. The standard InChI is InChI=1S/C27H19N3O3S/c31-25(16-29-22-9-4-3-8-20(22)26(32)27(29)33)30-23(24-10-5-13-34-24)15-21(28-30)19-12-11-17-6-1-2-7-18(17)14-19/h1-14,23H,15-16H2. The first-order valence-corrected chi connectivity index (χ1v) is 11.9. The van der Waals surface area contributed by atoms with Crippen LogP contribution in [-0.2, 0) is 9.59 Å². The monoisotopic (exact) mass is 465 g/mol. The number of anilines is 1. The molecule has 0 aliphatic carbocycles. The Morgan fingerprint density at radius 2 is 1.74 bits per heavy atom. The molecule has 2 aliphatic heterocycles. The molecule has 7 heteroatoms. The number of fused-ring (bicyclic) bond motifs is 2. The second-order valence-electron chi connectivity index (χ2n) is 8.32. The number of nitrogens with zero attached hydrogens (tertiary/aromatic N) is 3. The molecule has 2 amide bonds. The number of amides is 2. The molecule has 0 N–H and O–H groups in total. The topological polar surface area (TPSA) is 70.1 Å². The smallest absolute Gasteiger partial charge is 0.295 e. The van der Waals surface area contributed by atoms with E-state index in [1.165, 1.54) is 9.91 Å². The fourth-order valence-corrected chi connectivity index (χ4v) is 5.41. The van der Waals surface area contributed by atoms with Crippen LogP contribution in [0.15, 0.2) is 89.3 Å². The van der Waals surface area contributed by atoms with Crippen LogP contribution in [0.3, 0.4) is 0 Å². The minimum atomic E-state index is -0.680. The summed E-state index contributed by atoms with van der Waals surface area (Å²) in [6, 6.07) is 24.8. The SMILES string of the molecule is O=C1C(=O)N(CC(=O)N2N=C(c3ccc4ccccc4c3)CC2c2cccs2)c2ccccc21. The maximum absolute atomic E-state index is 13.5. The van der Waals surface area contributed by atoms with Crippen LogP contribution < -0.4 is 4.90 Å². The summed E-state index contributed by atoms with van der Waals surface area (Å²) < 4.78 is 0. The van der Waals surface area contributed by atoms with Crippen LogP contribution in [0.5, 0.6) is 0 Å². The molecule has 166 valence electrons. The van der Waals surface area contributed by atoms with Crippen molar-refractivity contribution in [3.05, 3.63) is 100 Å². The maximum Gasteiger partial charge on any atom is 0.299 e. The van der Waals surface area contributed by atoms with Gasteiger partial charge >= 0.3 is 0 Å².